The fourth-order valence-corrected chi connectivity index (χ4v) is 2.38. The molecular formula is C13H16N4O2. The number of nitriles is 1. The standard InChI is InChI=1S/C13H16N4O2/c1-16-6-2-3-11(9-16)15-12-7-10(8-14)4-5-13(12)17(18)19/h4-5,7,11,15H,2-3,6,9H2,1H3. The summed E-state index contributed by atoms with van der Waals surface area (Å²) < 4.78 is 0. The molecule has 0 radical (unpaired) electrons. The Labute approximate surface area is 111 Å². The lowest BCUT2D eigenvalue weighted by Crippen LogP contribution is -2.39. The van der Waals surface area contributed by atoms with E-state index in [2.05, 4.69) is 10.2 Å². The number of nitro benzene ring substituents is 1. The minimum atomic E-state index is -0.421. The van der Waals surface area contributed by atoms with Crippen molar-refractivity contribution in [3.63, 3.8) is 0 Å². The Morgan fingerprint density at radius 2 is 2.37 bits per heavy atom. The zero-order chi connectivity index (χ0) is 13.8. The summed E-state index contributed by atoms with van der Waals surface area (Å²) in [7, 11) is 2.04. The maximum atomic E-state index is 11.0. The van der Waals surface area contributed by atoms with Gasteiger partial charge in [-0.25, -0.2) is 0 Å². The van der Waals surface area contributed by atoms with E-state index in [4.69, 9.17) is 5.26 Å². The molecule has 1 saturated heterocycles. The molecule has 0 bridgehead atoms. The van der Waals surface area contributed by atoms with Gasteiger partial charge in [-0.3, -0.25) is 10.1 Å². The monoisotopic (exact) mass is 260 g/mol. The quantitative estimate of drug-likeness (QED) is 0.663. The van der Waals surface area contributed by atoms with Crippen LogP contribution in [0.3, 0.4) is 0 Å². The number of hydrogen-bond acceptors (Lipinski definition) is 5. The first kappa shape index (κ1) is 13.3. The van der Waals surface area contributed by atoms with Crippen LogP contribution in [0.4, 0.5) is 11.4 Å². The van der Waals surface area contributed by atoms with Crippen LogP contribution in [0.2, 0.25) is 0 Å². The number of nitrogens with zero attached hydrogens (tertiary/aromatic N) is 3. The summed E-state index contributed by atoms with van der Waals surface area (Å²) in [5.74, 6) is 0. The predicted octanol–water partition coefficient (Wildman–Crippen LogP) is 1.97. The number of piperidine rings is 1. The number of anilines is 1. The van der Waals surface area contributed by atoms with Crippen LogP contribution in [-0.4, -0.2) is 36.0 Å². The van der Waals surface area contributed by atoms with Crippen LogP contribution in [0, 0.1) is 21.4 Å². The van der Waals surface area contributed by atoms with Crippen molar-refractivity contribution in [1.82, 2.24) is 4.90 Å². The molecule has 6 heteroatoms. The van der Waals surface area contributed by atoms with E-state index in [9.17, 15) is 10.1 Å². The molecule has 1 heterocycles. The number of nitrogens with one attached hydrogen (secondary N) is 1. The van der Waals surface area contributed by atoms with Gasteiger partial charge < -0.3 is 10.2 Å². The van der Waals surface area contributed by atoms with Crippen molar-refractivity contribution in [2.75, 3.05) is 25.5 Å². The average molecular weight is 260 g/mol. The summed E-state index contributed by atoms with van der Waals surface area (Å²) >= 11 is 0. The van der Waals surface area contributed by atoms with Crippen molar-refractivity contribution in [3.8, 4) is 6.07 Å². The fraction of sp³-hybridized carbons (Fsp3) is 0.462. The molecule has 19 heavy (non-hydrogen) atoms. The van der Waals surface area contributed by atoms with E-state index in [0.29, 0.717) is 11.3 Å². The van der Waals surface area contributed by atoms with Crippen molar-refractivity contribution >= 4 is 11.4 Å². The van der Waals surface area contributed by atoms with Gasteiger partial charge in [-0.15, -0.1) is 0 Å². The summed E-state index contributed by atoms with van der Waals surface area (Å²) in [6.07, 6.45) is 2.05. The Morgan fingerprint density at radius 1 is 1.58 bits per heavy atom. The molecule has 1 atom stereocenters. The molecule has 0 amide bonds. The zero-order valence-electron chi connectivity index (χ0n) is 10.8. The third kappa shape index (κ3) is 3.20. The van der Waals surface area contributed by atoms with Gasteiger partial charge in [0.1, 0.15) is 5.69 Å². The van der Waals surface area contributed by atoms with Gasteiger partial charge in [0.25, 0.3) is 5.69 Å². The van der Waals surface area contributed by atoms with Crippen molar-refractivity contribution < 1.29 is 4.92 Å². The highest BCUT2D eigenvalue weighted by Crippen LogP contribution is 2.27. The first-order valence-electron chi connectivity index (χ1n) is 6.24. The van der Waals surface area contributed by atoms with E-state index in [1.165, 1.54) is 12.1 Å². The highest BCUT2D eigenvalue weighted by Gasteiger charge is 2.21. The first-order chi connectivity index (χ1) is 9.10. The molecule has 1 aromatic rings. The summed E-state index contributed by atoms with van der Waals surface area (Å²) in [5, 5.41) is 23.1. The molecular weight excluding hydrogens is 244 g/mol. The molecule has 0 saturated carbocycles. The second-order valence-electron chi connectivity index (χ2n) is 4.85. The van der Waals surface area contributed by atoms with Gasteiger partial charge in [-0.1, -0.05) is 0 Å². The lowest BCUT2D eigenvalue weighted by atomic mass is 10.1. The molecule has 1 unspecified atom stereocenters. The normalized spacial score (nSPS) is 19.7. The van der Waals surface area contributed by atoms with E-state index in [-0.39, 0.29) is 11.7 Å². The van der Waals surface area contributed by atoms with Crippen molar-refractivity contribution in [3.05, 3.63) is 33.9 Å². The Bertz CT molecular complexity index is 524. The minimum absolute atomic E-state index is 0.0206. The molecule has 6 nitrogen and oxygen atoms in total. The first-order valence-corrected chi connectivity index (χ1v) is 6.24. The number of hydrogen-bond donors (Lipinski definition) is 1. The lowest BCUT2D eigenvalue weighted by molar-refractivity contribution is -0.384. The predicted molar refractivity (Wildman–Crippen MR) is 72.0 cm³/mol. The second kappa shape index (κ2) is 5.67. The van der Waals surface area contributed by atoms with Gasteiger partial charge >= 0.3 is 0 Å². The molecule has 100 valence electrons. The molecule has 1 aliphatic rings. The number of rotatable bonds is 3. The molecule has 0 spiro atoms. The molecule has 1 aromatic carbocycles. The molecule has 0 aromatic heterocycles. The van der Waals surface area contributed by atoms with Crippen molar-refractivity contribution in [2.45, 2.75) is 18.9 Å². The highest BCUT2D eigenvalue weighted by molar-refractivity contribution is 5.64. The van der Waals surface area contributed by atoms with E-state index in [1.807, 2.05) is 13.1 Å². The number of benzene rings is 1. The smallest absolute Gasteiger partial charge is 0.292 e. The van der Waals surface area contributed by atoms with Gasteiger partial charge in [0.15, 0.2) is 0 Å². The van der Waals surface area contributed by atoms with Gasteiger partial charge in [0, 0.05) is 18.7 Å². The van der Waals surface area contributed by atoms with Gasteiger partial charge in [-0.05, 0) is 38.6 Å². The molecule has 1 N–H and O–H groups in total. The van der Waals surface area contributed by atoms with E-state index >= 15 is 0 Å². The second-order valence-corrected chi connectivity index (χ2v) is 4.85. The lowest BCUT2D eigenvalue weighted by Gasteiger charge is -2.30. The minimum Gasteiger partial charge on any atom is -0.375 e. The summed E-state index contributed by atoms with van der Waals surface area (Å²) in [6, 6.07) is 6.59. The fourth-order valence-electron chi connectivity index (χ4n) is 2.38. The zero-order valence-corrected chi connectivity index (χ0v) is 10.8. The maximum Gasteiger partial charge on any atom is 0.292 e. The average Bonchev–Trinajstić information content (AvgIpc) is 2.38. The molecule has 0 aliphatic carbocycles. The van der Waals surface area contributed by atoms with Crippen molar-refractivity contribution in [1.29, 1.82) is 5.26 Å². The van der Waals surface area contributed by atoms with Crippen molar-refractivity contribution in [2.24, 2.45) is 0 Å². The summed E-state index contributed by atoms with van der Waals surface area (Å²) in [4.78, 5) is 12.8. The topological polar surface area (TPSA) is 82.2 Å². The third-order valence-corrected chi connectivity index (χ3v) is 3.31. The molecule has 2 rings (SSSR count). The molecule has 1 aliphatic heterocycles. The number of likely N-dealkylation sites (tertiary alicyclic amines) is 1. The third-order valence-electron chi connectivity index (χ3n) is 3.31. The highest BCUT2D eigenvalue weighted by atomic mass is 16.6. The van der Waals surface area contributed by atoms with Crippen LogP contribution in [0.1, 0.15) is 18.4 Å². The van der Waals surface area contributed by atoms with E-state index in [0.717, 1.165) is 25.9 Å². The largest absolute Gasteiger partial charge is 0.375 e. The molecule has 1 fully saturated rings. The maximum absolute atomic E-state index is 11.0. The SMILES string of the molecule is CN1CCCC(Nc2cc(C#N)ccc2[N+](=O)[O-])C1. The van der Waals surface area contributed by atoms with Gasteiger partial charge in [0.2, 0.25) is 0 Å². The van der Waals surface area contributed by atoms with Gasteiger partial charge in [0.05, 0.1) is 16.6 Å². The summed E-state index contributed by atoms with van der Waals surface area (Å²) in [6.45, 7) is 1.91. The van der Waals surface area contributed by atoms with Crippen LogP contribution in [-0.2, 0) is 0 Å². The Morgan fingerprint density at radius 3 is 3.00 bits per heavy atom. The Hall–Kier alpha value is -2.13. The number of likely N-dealkylation sites (N-methyl/N-ethyl adjacent to an activating group) is 1. The van der Waals surface area contributed by atoms with E-state index < -0.39 is 4.92 Å². The summed E-state index contributed by atoms with van der Waals surface area (Å²) in [5.41, 5.74) is 0.883. The van der Waals surface area contributed by atoms with Crippen LogP contribution in [0.25, 0.3) is 0 Å². The van der Waals surface area contributed by atoms with Crippen LogP contribution < -0.4 is 5.32 Å². The van der Waals surface area contributed by atoms with Crippen LogP contribution in [0.5, 0.6) is 0 Å². The van der Waals surface area contributed by atoms with Crippen LogP contribution in [0.15, 0.2) is 18.2 Å². The van der Waals surface area contributed by atoms with E-state index in [1.54, 1.807) is 6.07 Å². The Kier molecular flexibility index (Phi) is 3.97. The number of nitro groups is 1. The van der Waals surface area contributed by atoms with Gasteiger partial charge in [-0.2, -0.15) is 5.26 Å². The van der Waals surface area contributed by atoms with Crippen LogP contribution >= 0.6 is 0 Å². The Balaban J connectivity index is 2.22.